The van der Waals surface area contributed by atoms with Crippen LogP contribution in [0, 0.1) is 0 Å². The largest absolute Gasteiger partial charge is 0.501 e. The van der Waals surface area contributed by atoms with Crippen LogP contribution >= 0.6 is 11.8 Å². The van der Waals surface area contributed by atoms with Crippen LogP contribution in [-0.2, 0) is 18.1 Å². The monoisotopic (exact) mass is 730 g/mol. The fourth-order valence-corrected chi connectivity index (χ4v) is 10.4. The third-order valence-corrected chi connectivity index (χ3v) is 14.0. The summed E-state index contributed by atoms with van der Waals surface area (Å²) in [4.78, 5) is 12.5. The third kappa shape index (κ3) is 33.6. The second-order valence-electron chi connectivity index (χ2n) is 14.5. The summed E-state index contributed by atoms with van der Waals surface area (Å²) < 4.78 is 19.0. The topological polar surface area (TPSA) is 56.8 Å². The first-order valence-electron chi connectivity index (χ1n) is 21.8. The normalized spacial score (nSPS) is 12.6. The minimum Gasteiger partial charge on any atom is -0.374 e. The predicted octanol–water partition coefficient (Wildman–Crippen LogP) is 13.6. The molecule has 0 fully saturated rings. The van der Waals surface area contributed by atoms with E-state index in [-0.39, 0.29) is 0 Å². The molecule has 0 aromatic heterocycles. The van der Waals surface area contributed by atoms with E-state index in [0.29, 0.717) is 37.4 Å². The van der Waals surface area contributed by atoms with Gasteiger partial charge in [0.2, 0.25) is 0 Å². The Balaban J connectivity index is 4.04. The molecule has 5 nitrogen and oxygen atoms in total. The predicted molar refractivity (Wildman–Crippen MR) is 220 cm³/mol. The highest BCUT2D eigenvalue weighted by Gasteiger charge is 2.40. The fraction of sp³-hybridized carbons (Fsp3) is 0.976. The van der Waals surface area contributed by atoms with Crippen LogP contribution in [0.1, 0.15) is 220 Å². The number of likely N-dealkylation sites (N-methyl/N-ethyl adjacent to an activating group) is 1. The maximum Gasteiger partial charge on any atom is 0.501 e. The molecule has 0 aromatic rings. The summed E-state index contributed by atoms with van der Waals surface area (Å²) in [6, 6.07) is 1.10. The van der Waals surface area contributed by atoms with Gasteiger partial charge in [-0.05, 0) is 40.2 Å². The fourth-order valence-electron chi connectivity index (χ4n) is 6.74. The van der Waals surface area contributed by atoms with Crippen molar-refractivity contribution in [1.82, 2.24) is 5.32 Å². The van der Waals surface area contributed by atoms with Crippen LogP contribution < -0.4 is 5.32 Å². The van der Waals surface area contributed by atoms with Gasteiger partial charge in [0.15, 0.2) is 5.12 Å². The van der Waals surface area contributed by atoms with Gasteiger partial charge in [-0.1, -0.05) is 193 Å². The second kappa shape index (κ2) is 39.3. The standard InChI is InChI=1S/C42H87NO4SSi/c1-6-10-12-14-16-18-20-22-24-25-27-29-31-33-36-41(43-5)40-47-49(45-8-3,46-9-4)39-35-38-48-42(44)37-34-32-30-28-26-23-21-19-17-15-13-11-7-2/h41,43H,6-40H2,1-5H3. The number of nitrogens with one attached hydrogen (secondary N) is 1. The van der Waals surface area contributed by atoms with Crippen molar-refractivity contribution in [3.8, 4) is 0 Å². The molecule has 0 saturated carbocycles. The van der Waals surface area contributed by atoms with E-state index in [1.165, 1.54) is 179 Å². The molecule has 0 aromatic carbocycles. The molecule has 0 rings (SSSR count). The molecular weight excluding hydrogens is 643 g/mol. The number of carbonyl (C=O) groups is 1. The number of rotatable bonds is 41. The van der Waals surface area contributed by atoms with Gasteiger partial charge in [-0.3, -0.25) is 4.79 Å². The molecule has 49 heavy (non-hydrogen) atoms. The Hall–Kier alpha value is 0.0769. The lowest BCUT2D eigenvalue weighted by atomic mass is 10.0. The van der Waals surface area contributed by atoms with E-state index in [4.69, 9.17) is 13.3 Å². The zero-order valence-corrected chi connectivity index (χ0v) is 35.7. The third-order valence-electron chi connectivity index (χ3n) is 9.92. The van der Waals surface area contributed by atoms with Crippen molar-refractivity contribution in [3.63, 3.8) is 0 Å². The quantitative estimate of drug-likeness (QED) is 0.0499. The summed E-state index contributed by atoms with van der Waals surface area (Å²) in [6.45, 7) is 10.5. The number of unbranched alkanes of at least 4 members (excludes halogenated alkanes) is 25. The van der Waals surface area contributed by atoms with Gasteiger partial charge in [0.25, 0.3) is 0 Å². The summed E-state index contributed by atoms with van der Waals surface area (Å²) >= 11 is 1.50. The second-order valence-corrected chi connectivity index (χ2v) is 18.4. The first-order chi connectivity index (χ1) is 24.1. The van der Waals surface area contributed by atoms with E-state index in [9.17, 15) is 4.79 Å². The molecule has 1 unspecified atom stereocenters. The number of hydrogen-bond acceptors (Lipinski definition) is 6. The average molecular weight is 730 g/mol. The molecule has 1 atom stereocenters. The molecule has 0 aliphatic rings. The zero-order valence-electron chi connectivity index (χ0n) is 33.9. The van der Waals surface area contributed by atoms with Crippen LogP contribution in [0.4, 0.5) is 0 Å². The van der Waals surface area contributed by atoms with E-state index in [2.05, 4.69) is 19.2 Å². The first-order valence-corrected chi connectivity index (χ1v) is 24.7. The first kappa shape index (κ1) is 49.1. The Morgan fingerprint density at radius 1 is 0.531 bits per heavy atom. The van der Waals surface area contributed by atoms with Crippen LogP contribution in [0.25, 0.3) is 0 Å². The average Bonchev–Trinajstić information content (AvgIpc) is 3.10. The highest BCUT2D eigenvalue weighted by molar-refractivity contribution is 8.13. The molecule has 0 bridgehead atoms. The summed E-state index contributed by atoms with van der Waals surface area (Å²) in [5.41, 5.74) is 0. The molecule has 0 aliphatic heterocycles. The summed E-state index contributed by atoms with van der Waals surface area (Å²) in [5.74, 6) is 0.823. The number of thioether (sulfide) groups is 1. The van der Waals surface area contributed by atoms with Crippen LogP contribution in [0.15, 0.2) is 0 Å². The Labute approximate surface area is 313 Å². The van der Waals surface area contributed by atoms with Gasteiger partial charge in [0.05, 0.1) is 6.61 Å². The van der Waals surface area contributed by atoms with Crippen LogP contribution in [0.2, 0.25) is 6.04 Å². The zero-order chi connectivity index (χ0) is 35.9. The van der Waals surface area contributed by atoms with Gasteiger partial charge >= 0.3 is 8.80 Å². The summed E-state index contributed by atoms with van der Waals surface area (Å²) in [7, 11) is -0.716. The van der Waals surface area contributed by atoms with E-state index >= 15 is 0 Å². The van der Waals surface area contributed by atoms with Crippen molar-refractivity contribution in [2.24, 2.45) is 0 Å². The van der Waals surface area contributed by atoms with Crippen LogP contribution in [0.5, 0.6) is 0 Å². The Bertz CT molecular complexity index is 665. The molecule has 0 amide bonds. The summed E-state index contributed by atoms with van der Waals surface area (Å²) in [5, 5.41) is 3.82. The maximum atomic E-state index is 12.5. The van der Waals surface area contributed by atoms with Crippen molar-refractivity contribution in [2.45, 2.75) is 232 Å². The van der Waals surface area contributed by atoms with Crippen molar-refractivity contribution in [3.05, 3.63) is 0 Å². The molecule has 0 saturated heterocycles. The highest BCUT2D eigenvalue weighted by Crippen LogP contribution is 2.23. The Morgan fingerprint density at radius 2 is 0.918 bits per heavy atom. The van der Waals surface area contributed by atoms with Crippen molar-refractivity contribution >= 4 is 25.7 Å². The van der Waals surface area contributed by atoms with E-state index in [0.717, 1.165) is 31.1 Å². The lowest BCUT2D eigenvalue weighted by Crippen LogP contribution is -2.48. The molecule has 0 heterocycles. The van der Waals surface area contributed by atoms with Gasteiger partial charge in [0, 0.05) is 37.5 Å². The molecule has 0 aliphatic carbocycles. The van der Waals surface area contributed by atoms with Crippen molar-refractivity contribution in [2.75, 3.05) is 32.6 Å². The number of hydrogen-bond donors (Lipinski definition) is 1. The molecule has 294 valence electrons. The number of carbonyl (C=O) groups excluding carboxylic acids is 1. The van der Waals surface area contributed by atoms with E-state index < -0.39 is 8.80 Å². The molecular formula is C42H87NO4SSi. The minimum atomic E-state index is -2.76. The van der Waals surface area contributed by atoms with E-state index in [1.807, 2.05) is 20.9 Å². The van der Waals surface area contributed by atoms with Gasteiger partial charge in [0.1, 0.15) is 0 Å². The maximum absolute atomic E-state index is 12.5. The van der Waals surface area contributed by atoms with Crippen LogP contribution in [-0.4, -0.2) is 52.6 Å². The summed E-state index contributed by atoms with van der Waals surface area (Å²) in [6.07, 6.45) is 39.5. The van der Waals surface area contributed by atoms with Crippen molar-refractivity contribution < 1.29 is 18.1 Å². The smallest absolute Gasteiger partial charge is 0.374 e. The minimum absolute atomic E-state index is 0.321. The highest BCUT2D eigenvalue weighted by atomic mass is 32.2. The van der Waals surface area contributed by atoms with E-state index in [1.54, 1.807) is 0 Å². The van der Waals surface area contributed by atoms with Crippen LogP contribution in [0.3, 0.4) is 0 Å². The lowest BCUT2D eigenvalue weighted by molar-refractivity contribution is -0.111. The van der Waals surface area contributed by atoms with Gasteiger partial charge in [-0.2, -0.15) is 0 Å². The molecule has 0 radical (unpaired) electrons. The Kier molecular flexibility index (Phi) is 39.3. The molecule has 1 N–H and O–H groups in total. The Morgan fingerprint density at radius 3 is 1.31 bits per heavy atom. The van der Waals surface area contributed by atoms with Gasteiger partial charge < -0.3 is 18.6 Å². The molecule has 0 spiro atoms. The lowest BCUT2D eigenvalue weighted by Gasteiger charge is -2.30. The van der Waals surface area contributed by atoms with Gasteiger partial charge in [-0.15, -0.1) is 0 Å². The SMILES string of the molecule is CCCCCCCCCCCCCCCCC(CO[Si](CCCSC(=O)CCCCCCCCCCCCCCC)(OCC)OCC)NC. The van der Waals surface area contributed by atoms with Gasteiger partial charge in [-0.25, -0.2) is 0 Å². The molecule has 7 heteroatoms. The van der Waals surface area contributed by atoms with Crippen molar-refractivity contribution in [1.29, 1.82) is 0 Å².